The SMILES string of the molecule is C=CC1(C)[n+]2ccc3cccc4c3c2-c2c(ccc(F)c2C4(C)C)C1(C)NN=C. The maximum Gasteiger partial charge on any atom is 0.222 e. The maximum absolute atomic E-state index is 15.4. The molecule has 0 spiro atoms. The highest BCUT2D eigenvalue weighted by Gasteiger charge is 2.60. The Morgan fingerprint density at radius 2 is 1.83 bits per heavy atom. The molecule has 4 heteroatoms. The van der Waals surface area contributed by atoms with E-state index in [0.717, 1.165) is 33.3 Å². The van der Waals surface area contributed by atoms with Crippen molar-refractivity contribution in [2.24, 2.45) is 5.10 Å². The van der Waals surface area contributed by atoms with Gasteiger partial charge in [-0.25, -0.2) is 4.39 Å². The fourth-order valence-electron chi connectivity index (χ4n) is 5.61. The van der Waals surface area contributed by atoms with Crippen molar-refractivity contribution < 1.29 is 8.96 Å². The minimum absolute atomic E-state index is 0.178. The normalized spacial score (nSPS) is 25.6. The van der Waals surface area contributed by atoms with Crippen LogP contribution in [0.5, 0.6) is 0 Å². The van der Waals surface area contributed by atoms with Gasteiger partial charge < -0.3 is 0 Å². The smallest absolute Gasteiger partial charge is 0.222 e. The molecule has 1 aromatic heterocycles. The van der Waals surface area contributed by atoms with Crippen LogP contribution >= 0.6 is 0 Å². The molecule has 29 heavy (non-hydrogen) atoms. The van der Waals surface area contributed by atoms with Gasteiger partial charge in [-0.2, -0.15) is 9.67 Å². The summed E-state index contributed by atoms with van der Waals surface area (Å²) in [6, 6.07) is 11.9. The Kier molecular flexibility index (Phi) is 3.31. The average Bonchev–Trinajstić information content (AvgIpc) is 2.70. The lowest BCUT2D eigenvalue weighted by atomic mass is 9.62. The van der Waals surface area contributed by atoms with Crippen LogP contribution in [0.15, 0.2) is 60.4 Å². The third kappa shape index (κ3) is 1.83. The summed E-state index contributed by atoms with van der Waals surface area (Å²) in [5.41, 5.74) is 6.47. The second-order valence-electron chi connectivity index (χ2n) is 9.02. The van der Waals surface area contributed by atoms with Gasteiger partial charge in [0, 0.05) is 36.2 Å². The number of nitrogens with zero attached hydrogens (tertiary/aromatic N) is 2. The lowest BCUT2D eigenvalue weighted by molar-refractivity contribution is -0.752. The lowest BCUT2D eigenvalue weighted by Crippen LogP contribution is -2.71. The fourth-order valence-corrected chi connectivity index (χ4v) is 5.61. The summed E-state index contributed by atoms with van der Waals surface area (Å²) in [7, 11) is 0. The molecule has 5 rings (SSSR count). The average molecular weight is 386 g/mol. The predicted molar refractivity (Wildman–Crippen MR) is 116 cm³/mol. The number of benzene rings is 2. The molecular weight excluding hydrogens is 361 g/mol. The number of halogens is 1. The van der Waals surface area contributed by atoms with E-state index in [0.29, 0.717) is 0 Å². The van der Waals surface area contributed by atoms with Crippen molar-refractivity contribution in [1.29, 1.82) is 0 Å². The summed E-state index contributed by atoms with van der Waals surface area (Å²) in [6.45, 7) is 16.3. The number of hydrogen-bond acceptors (Lipinski definition) is 2. The Hall–Kier alpha value is -3.01. The molecule has 3 nitrogen and oxygen atoms in total. The summed E-state index contributed by atoms with van der Waals surface area (Å²) < 4.78 is 17.6. The minimum atomic E-state index is -0.651. The standard InChI is InChI=1S/C25H25FN3/c1-7-24(4)25(5,28-27-6)17-11-12-18(26)21-20(17)22-19-15(13-14-29(22)24)9-8-10-16(19)23(21,2)3/h7-14,28H,1,6H2,2-5H3/q+1. The van der Waals surface area contributed by atoms with Gasteiger partial charge in [-0.3, -0.25) is 5.43 Å². The molecule has 0 saturated heterocycles. The van der Waals surface area contributed by atoms with Crippen LogP contribution in [0.4, 0.5) is 4.39 Å². The largest absolute Gasteiger partial charge is 0.293 e. The van der Waals surface area contributed by atoms with Crippen molar-refractivity contribution in [3.05, 3.63) is 77.8 Å². The highest BCUT2D eigenvalue weighted by molar-refractivity contribution is 6.01. The van der Waals surface area contributed by atoms with Crippen molar-refractivity contribution in [1.82, 2.24) is 5.43 Å². The van der Waals surface area contributed by atoms with Crippen LogP contribution in [0.1, 0.15) is 44.4 Å². The molecule has 1 aliphatic carbocycles. The molecule has 0 fully saturated rings. The van der Waals surface area contributed by atoms with Gasteiger partial charge in [0.15, 0.2) is 6.20 Å². The predicted octanol–water partition coefficient (Wildman–Crippen LogP) is 4.91. The van der Waals surface area contributed by atoms with E-state index in [-0.39, 0.29) is 5.82 Å². The number of nitrogens with one attached hydrogen (secondary N) is 1. The second kappa shape index (κ2) is 5.32. The molecule has 0 saturated carbocycles. The van der Waals surface area contributed by atoms with E-state index in [2.05, 4.69) is 86.5 Å². The van der Waals surface area contributed by atoms with Crippen molar-refractivity contribution in [2.75, 3.05) is 0 Å². The molecule has 2 atom stereocenters. The monoisotopic (exact) mass is 386 g/mol. The van der Waals surface area contributed by atoms with Crippen LogP contribution in [-0.2, 0) is 16.5 Å². The number of hydrogen-bond donors (Lipinski definition) is 1. The van der Waals surface area contributed by atoms with Crippen LogP contribution in [0.25, 0.3) is 22.0 Å². The molecule has 2 aliphatic rings. The zero-order chi connectivity index (χ0) is 20.8. The minimum Gasteiger partial charge on any atom is -0.293 e. The van der Waals surface area contributed by atoms with E-state index in [4.69, 9.17) is 0 Å². The quantitative estimate of drug-likeness (QED) is 0.295. The van der Waals surface area contributed by atoms with Gasteiger partial charge in [0.2, 0.25) is 11.2 Å². The summed E-state index contributed by atoms with van der Waals surface area (Å²) in [4.78, 5) is 0. The highest BCUT2D eigenvalue weighted by atomic mass is 19.1. The number of rotatable bonds is 3. The van der Waals surface area contributed by atoms with E-state index >= 15 is 4.39 Å². The number of aromatic nitrogens is 1. The van der Waals surface area contributed by atoms with E-state index in [9.17, 15) is 0 Å². The molecule has 0 radical (unpaired) electrons. The van der Waals surface area contributed by atoms with Crippen LogP contribution < -0.4 is 9.99 Å². The van der Waals surface area contributed by atoms with Crippen molar-refractivity contribution in [3.8, 4) is 11.3 Å². The van der Waals surface area contributed by atoms with Gasteiger partial charge in [0.25, 0.3) is 0 Å². The molecule has 2 aromatic carbocycles. The molecule has 2 heterocycles. The van der Waals surface area contributed by atoms with Crippen molar-refractivity contribution >= 4 is 17.5 Å². The zero-order valence-electron chi connectivity index (χ0n) is 17.3. The third-order valence-corrected chi connectivity index (χ3v) is 7.42. The van der Waals surface area contributed by atoms with Crippen LogP contribution in [-0.4, -0.2) is 6.72 Å². The Morgan fingerprint density at radius 3 is 2.52 bits per heavy atom. The van der Waals surface area contributed by atoms with Gasteiger partial charge in [-0.15, -0.1) is 0 Å². The molecule has 1 N–H and O–H groups in total. The Bertz CT molecular complexity index is 1240. The Labute approximate surface area is 170 Å². The summed E-state index contributed by atoms with van der Waals surface area (Å²) in [5.74, 6) is -0.178. The van der Waals surface area contributed by atoms with Gasteiger partial charge in [-0.05, 0) is 30.0 Å². The van der Waals surface area contributed by atoms with E-state index in [1.165, 1.54) is 5.39 Å². The molecule has 146 valence electrons. The van der Waals surface area contributed by atoms with Crippen molar-refractivity contribution in [2.45, 2.75) is 44.2 Å². The topological polar surface area (TPSA) is 28.3 Å². The lowest BCUT2D eigenvalue weighted by Gasteiger charge is -2.47. The molecule has 1 aliphatic heterocycles. The second-order valence-corrected chi connectivity index (χ2v) is 9.02. The van der Waals surface area contributed by atoms with E-state index in [1.807, 2.05) is 12.1 Å². The van der Waals surface area contributed by atoms with Gasteiger partial charge >= 0.3 is 0 Å². The summed E-state index contributed by atoms with van der Waals surface area (Å²) >= 11 is 0. The van der Waals surface area contributed by atoms with Crippen LogP contribution in [0, 0.1) is 5.82 Å². The number of pyridine rings is 1. The molecule has 2 unspecified atom stereocenters. The van der Waals surface area contributed by atoms with Gasteiger partial charge in [-0.1, -0.05) is 44.7 Å². The first kappa shape index (κ1) is 18.0. The first-order valence-corrected chi connectivity index (χ1v) is 9.91. The zero-order valence-corrected chi connectivity index (χ0v) is 17.3. The first-order valence-electron chi connectivity index (χ1n) is 9.91. The molecule has 3 aromatic rings. The summed E-state index contributed by atoms with van der Waals surface area (Å²) in [6.07, 6.45) is 4.03. The van der Waals surface area contributed by atoms with Gasteiger partial charge in [0.05, 0.1) is 10.9 Å². The van der Waals surface area contributed by atoms with E-state index < -0.39 is 16.5 Å². The number of hydrazone groups is 1. The fraction of sp³-hybridized carbons (Fsp3) is 0.280. The Morgan fingerprint density at radius 1 is 1.07 bits per heavy atom. The maximum atomic E-state index is 15.4. The molecule has 0 amide bonds. The van der Waals surface area contributed by atoms with E-state index in [1.54, 1.807) is 6.07 Å². The molecule has 0 bridgehead atoms. The highest BCUT2D eigenvalue weighted by Crippen LogP contribution is 2.55. The van der Waals surface area contributed by atoms with Crippen LogP contribution in [0.3, 0.4) is 0 Å². The first-order chi connectivity index (χ1) is 13.7. The summed E-state index contributed by atoms with van der Waals surface area (Å²) in [5, 5.41) is 6.40. The van der Waals surface area contributed by atoms with Crippen LogP contribution in [0.2, 0.25) is 0 Å². The third-order valence-electron chi connectivity index (χ3n) is 7.42. The van der Waals surface area contributed by atoms with Gasteiger partial charge in [0.1, 0.15) is 11.4 Å². The van der Waals surface area contributed by atoms with Crippen molar-refractivity contribution in [3.63, 3.8) is 0 Å². The Balaban J connectivity index is 2.11. The molecular formula is C25H25FN3+.